The normalized spacial score (nSPS) is 33.8. The van der Waals surface area contributed by atoms with Gasteiger partial charge in [-0.05, 0) is 66.7 Å². The second-order valence-corrected chi connectivity index (χ2v) is 7.18. The Labute approximate surface area is 127 Å². The summed E-state index contributed by atoms with van der Waals surface area (Å²) in [5.74, 6) is 2.36. The molecule has 4 rings (SSSR count). The van der Waals surface area contributed by atoms with E-state index in [0.717, 1.165) is 18.1 Å². The Kier molecular flexibility index (Phi) is 2.82. The third-order valence-electron chi connectivity index (χ3n) is 6.35. The summed E-state index contributed by atoms with van der Waals surface area (Å²) in [4.78, 5) is 0. The van der Waals surface area contributed by atoms with Crippen LogP contribution in [-0.4, -0.2) is 7.11 Å². The molecule has 3 aliphatic carbocycles. The van der Waals surface area contributed by atoms with E-state index in [-0.39, 0.29) is 0 Å². The van der Waals surface area contributed by atoms with E-state index in [2.05, 4.69) is 37.8 Å². The van der Waals surface area contributed by atoms with E-state index in [1.807, 2.05) is 0 Å². The Hall–Kier alpha value is -1.50. The van der Waals surface area contributed by atoms with Gasteiger partial charge in [-0.15, -0.1) is 0 Å². The van der Waals surface area contributed by atoms with Crippen LogP contribution in [0.5, 0.6) is 5.75 Å². The lowest BCUT2D eigenvalue weighted by molar-refractivity contribution is 0.230. The highest BCUT2D eigenvalue weighted by molar-refractivity contribution is 5.48. The zero-order chi connectivity index (χ0) is 14.6. The quantitative estimate of drug-likeness (QED) is 0.656. The van der Waals surface area contributed by atoms with Crippen molar-refractivity contribution in [2.24, 2.45) is 11.3 Å². The number of allylic oxidation sites excluding steroid dienone is 3. The predicted molar refractivity (Wildman–Crippen MR) is 86.7 cm³/mol. The monoisotopic (exact) mass is 280 g/mol. The Bertz CT molecular complexity index is 639. The average molecular weight is 280 g/mol. The largest absolute Gasteiger partial charge is 0.497 e. The minimum Gasteiger partial charge on any atom is -0.497 e. The summed E-state index contributed by atoms with van der Waals surface area (Å²) in [6.07, 6.45) is 8.69. The van der Waals surface area contributed by atoms with Crippen LogP contribution in [0.15, 0.2) is 42.0 Å². The molecule has 1 nitrogen and oxygen atoms in total. The fourth-order valence-electron chi connectivity index (χ4n) is 4.98. The first-order valence-electron chi connectivity index (χ1n) is 8.18. The molecule has 1 heteroatoms. The van der Waals surface area contributed by atoms with Crippen LogP contribution in [0.2, 0.25) is 0 Å². The van der Waals surface area contributed by atoms with Gasteiger partial charge < -0.3 is 4.74 Å². The van der Waals surface area contributed by atoms with Crippen molar-refractivity contribution in [3.63, 3.8) is 0 Å². The molecular formula is C20H24O. The molecule has 0 aromatic heterocycles. The van der Waals surface area contributed by atoms with E-state index in [4.69, 9.17) is 4.74 Å². The molecular weight excluding hydrogens is 256 g/mol. The van der Waals surface area contributed by atoms with E-state index >= 15 is 0 Å². The van der Waals surface area contributed by atoms with Gasteiger partial charge in [0.25, 0.3) is 0 Å². The van der Waals surface area contributed by atoms with Gasteiger partial charge in [0.15, 0.2) is 0 Å². The Morgan fingerprint density at radius 2 is 2.14 bits per heavy atom. The van der Waals surface area contributed by atoms with Crippen LogP contribution in [0.1, 0.15) is 49.7 Å². The lowest BCUT2D eigenvalue weighted by Crippen LogP contribution is -2.34. The standard InChI is InChI=1S/C20H24O/c1-13-4-9-19-18-7-5-14-12-15(21-3)6-8-16(14)17(18)10-11-20(13,19)2/h6-8,12,17,19H,1,4-5,9-11H2,2-3H3/t17-,19+,20-/m1/s1. The van der Waals surface area contributed by atoms with E-state index in [9.17, 15) is 0 Å². The van der Waals surface area contributed by atoms with Gasteiger partial charge in [-0.3, -0.25) is 0 Å². The van der Waals surface area contributed by atoms with Gasteiger partial charge in [0.2, 0.25) is 0 Å². The molecule has 0 unspecified atom stereocenters. The van der Waals surface area contributed by atoms with Crippen molar-refractivity contribution < 1.29 is 4.74 Å². The Morgan fingerprint density at radius 3 is 2.95 bits per heavy atom. The zero-order valence-electron chi connectivity index (χ0n) is 13.1. The lowest BCUT2D eigenvalue weighted by atomic mass is 9.59. The maximum Gasteiger partial charge on any atom is 0.119 e. The molecule has 3 aliphatic rings. The number of hydrogen-bond donors (Lipinski definition) is 0. The van der Waals surface area contributed by atoms with Gasteiger partial charge >= 0.3 is 0 Å². The first-order valence-corrected chi connectivity index (χ1v) is 8.18. The summed E-state index contributed by atoms with van der Waals surface area (Å²) in [6.45, 7) is 6.82. The molecule has 110 valence electrons. The number of hydrogen-bond acceptors (Lipinski definition) is 1. The van der Waals surface area contributed by atoms with Crippen molar-refractivity contribution in [3.8, 4) is 5.75 Å². The smallest absolute Gasteiger partial charge is 0.119 e. The summed E-state index contributed by atoms with van der Waals surface area (Å²) in [7, 11) is 1.75. The topological polar surface area (TPSA) is 9.23 Å². The number of benzene rings is 1. The molecule has 0 N–H and O–H groups in total. The molecule has 0 heterocycles. The predicted octanol–water partition coefficient (Wildman–Crippen LogP) is 5.03. The number of ether oxygens (including phenoxy) is 1. The van der Waals surface area contributed by atoms with Crippen molar-refractivity contribution in [3.05, 3.63) is 53.1 Å². The van der Waals surface area contributed by atoms with Crippen LogP contribution >= 0.6 is 0 Å². The fourth-order valence-corrected chi connectivity index (χ4v) is 4.98. The van der Waals surface area contributed by atoms with Gasteiger partial charge in [-0.2, -0.15) is 0 Å². The van der Waals surface area contributed by atoms with E-state index in [1.165, 1.54) is 36.8 Å². The second-order valence-electron chi connectivity index (χ2n) is 7.18. The maximum absolute atomic E-state index is 5.38. The Balaban J connectivity index is 1.74. The minimum absolute atomic E-state index is 0.367. The highest BCUT2D eigenvalue weighted by Gasteiger charge is 2.49. The number of methoxy groups -OCH3 is 1. The van der Waals surface area contributed by atoms with Gasteiger partial charge in [0.1, 0.15) is 5.75 Å². The van der Waals surface area contributed by atoms with E-state index in [1.54, 1.807) is 18.2 Å². The average Bonchev–Trinajstić information content (AvgIpc) is 2.82. The Morgan fingerprint density at radius 1 is 1.29 bits per heavy atom. The molecule has 1 aromatic rings. The van der Waals surface area contributed by atoms with Crippen molar-refractivity contribution in [2.45, 2.75) is 44.9 Å². The third kappa shape index (κ3) is 1.76. The zero-order valence-corrected chi connectivity index (χ0v) is 13.1. The van der Waals surface area contributed by atoms with E-state index < -0.39 is 0 Å². The summed E-state index contributed by atoms with van der Waals surface area (Å²) in [5, 5.41) is 0. The molecule has 3 atom stereocenters. The van der Waals surface area contributed by atoms with Crippen molar-refractivity contribution in [1.82, 2.24) is 0 Å². The first-order chi connectivity index (χ1) is 10.1. The van der Waals surface area contributed by atoms with E-state index in [0.29, 0.717) is 11.3 Å². The molecule has 0 spiro atoms. The molecule has 0 saturated heterocycles. The minimum atomic E-state index is 0.367. The molecule has 2 saturated carbocycles. The molecule has 2 fully saturated rings. The highest BCUT2D eigenvalue weighted by Crippen LogP contribution is 2.61. The molecule has 21 heavy (non-hydrogen) atoms. The summed E-state index contributed by atoms with van der Waals surface area (Å²) < 4.78 is 5.38. The van der Waals surface area contributed by atoms with Crippen LogP contribution in [0.3, 0.4) is 0 Å². The first kappa shape index (κ1) is 13.2. The van der Waals surface area contributed by atoms with Crippen molar-refractivity contribution >= 4 is 0 Å². The number of rotatable bonds is 1. The third-order valence-corrected chi connectivity index (χ3v) is 6.35. The van der Waals surface area contributed by atoms with Crippen LogP contribution < -0.4 is 4.74 Å². The second kappa shape index (κ2) is 4.50. The molecule has 0 aliphatic heterocycles. The molecule has 0 bridgehead atoms. The molecule has 0 amide bonds. The number of fused-ring (bicyclic) bond motifs is 5. The fraction of sp³-hybridized carbons (Fsp3) is 0.500. The summed E-state index contributed by atoms with van der Waals surface area (Å²) in [5.41, 5.74) is 6.58. The van der Waals surface area contributed by atoms with Crippen LogP contribution in [0, 0.1) is 11.3 Å². The van der Waals surface area contributed by atoms with Gasteiger partial charge in [0, 0.05) is 5.92 Å². The van der Waals surface area contributed by atoms with Gasteiger partial charge in [-0.25, -0.2) is 0 Å². The van der Waals surface area contributed by atoms with Crippen LogP contribution in [-0.2, 0) is 6.42 Å². The SMILES string of the molecule is C=C1CC[C@H]2C3=CCc4cc(OC)ccc4[C@H]3CC[C@]12C. The highest BCUT2D eigenvalue weighted by atomic mass is 16.5. The van der Waals surface area contributed by atoms with Crippen molar-refractivity contribution in [1.29, 1.82) is 0 Å². The molecule has 1 aromatic carbocycles. The van der Waals surface area contributed by atoms with Gasteiger partial charge in [0.05, 0.1) is 7.11 Å². The van der Waals surface area contributed by atoms with Crippen LogP contribution in [0.4, 0.5) is 0 Å². The maximum atomic E-state index is 5.38. The summed E-state index contributed by atoms with van der Waals surface area (Å²) >= 11 is 0. The lowest BCUT2D eigenvalue weighted by Gasteiger charge is -2.45. The van der Waals surface area contributed by atoms with Gasteiger partial charge in [-0.1, -0.05) is 36.8 Å². The van der Waals surface area contributed by atoms with Crippen molar-refractivity contribution in [2.75, 3.05) is 7.11 Å². The van der Waals surface area contributed by atoms with Crippen LogP contribution in [0.25, 0.3) is 0 Å². The molecule has 0 radical (unpaired) electrons. The summed E-state index contributed by atoms with van der Waals surface area (Å²) in [6, 6.07) is 6.66.